The van der Waals surface area contributed by atoms with Gasteiger partial charge in [-0.25, -0.2) is 4.79 Å². The number of amides is 11. The minimum absolute atomic E-state index is 0.00217. The fourth-order valence-electron chi connectivity index (χ4n) is 11.0. The third-order valence-corrected chi connectivity index (χ3v) is 16.5. The molecule has 0 radical (unpaired) electrons. The van der Waals surface area contributed by atoms with Gasteiger partial charge in [-0.15, -0.1) is 0 Å². The van der Waals surface area contributed by atoms with Gasteiger partial charge in [-0.1, -0.05) is 109 Å². The lowest BCUT2D eigenvalue weighted by Gasteiger charge is -2.41. The normalized spacial score (nSPS) is 26.0. The quantitative estimate of drug-likeness (QED) is 0.101. The number of aliphatic carboxylic acids is 1. The highest BCUT2D eigenvalue weighted by Gasteiger charge is 2.46. The van der Waals surface area contributed by atoms with Crippen LogP contribution in [0.15, 0.2) is 12.2 Å². The first-order valence-corrected chi connectivity index (χ1v) is 31.8. The molecular weight excluding hydrogens is 1160 g/mol. The van der Waals surface area contributed by atoms with Crippen LogP contribution >= 0.6 is 0 Å². The predicted octanol–water partition coefficient (Wildman–Crippen LogP) is 2.35. The molecule has 90 heavy (non-hydrogen) atoms. The Labute approximate surface area is 535 Å². The second-order valence-electron chi connectivity index (χ2n) is 26.8. The highest BCUT2D eigenvalue weighted by Crippen LogP contribution is 2.26. The molecule has 0 aromatic carbocycles. The number of aliphatic hydroxyl groups excluding tert-OH is 1. The number of hydrogen-bond donors (Lipinski definition) is 6. The maximum atomic E-state index is 15.2. The highest BCUT2D eigenvalue weighted by molar-refractivity contribution is 5.99. The average Bonchev–Trinajstić information content (AvgIpc) is 0.850. The first kappa shape index (κ1) is 81.3. The van der Waals surface area contributed by atoms with Crippen molar-refractivity contribution in [3.05, 3.63) is 12.2 Å². The van der Waals surface area contributed by atoms with E-state index in [0.717, 1.165) is 14.7 Å². The maximum Gasteiger partial charge on any atom is 0.329 e. The van der Waals surface area contributed by atoms with E-state index in [9.17, 15) is 53.4 Å². The maximum absolute atomic E-state index is 15.2. The van der Waals surface area contributed by atoms with Crippen molar-refractivity contribution in [3.8, 4) is 0 Å². The zero-order valence-electron chi connectivity index (χ0n) is 58.2. The van der Waals surface area contributed by atoms with Crippen LogP contribution in [-0.4, -0.2) is 251 Å². The summed E-state index contributed by atoms with van der Waals surface area (Å²) in [5.74, 6) is -12.5. The molecule has 1 saturated heterocycles. The number of carbonyl (C=O) groups excluding carboxylic acids is 11. The van der Waals surface area contributed by atoms with Crippen LogP contribution in [0.2, 0.25) is 0 Å². The fraction of sp³-hybridized carbons (Fsp3) is 0.781. The molecule has 6 N–H and O–H groups in total. The van der Waals surface area contributed by atoms with E-state index < -0.39 is 175 Å². The summed E-state index contributed by atoms with van der Waals surface area (Å²) in [4.78, 5) is 181. The van der Waals surface area contributed by atoms with E-state index in [1.165, 1.54) is 75.9 Å². The van der Waals surface area contributed by atoms with E-state index in [2.05, 4.69) is 21.3 Å². The molecule has 1 rings (SSSR count). The molecule has 1 aliphatic heterocycles. The molecule has 0 aliphatic carbocycles. The molecular formula is C64H113N11O15. The van der Waals surface area contributed by atoms with Gasteiger partial charge in [0.05, 0.1) is 19.3 Å². The number of nitrogens with one attached hydrogen (secondary N) is 4. The summed E-state index contributed by atoms with van der Waals surface area (Å²) < 4.78 is 5.38. The molecule has 0 saturated carbocycles. The summed E-state index contributed by atoms with van der Waals surface area (Å²) in [6.07, 6.45) is 2.61. The number of carbonyl (C=O) groups is 12. The van der Waals surface area contributed by atoms with Gasteiger partial charge in [0.2, 0.25) is 65.0 Å². The molecule has 1 heterocycles. The van der Waals surface area contributed by atoms with E-state index in [-0.39, 0.29) is 62.2 Å². The molecule has 26 heteroatoms. The van der Waals surface area contributed by atoms with Crippen LogP contribution in [0.4, 0.5) is 0 Å². The summed E-state index contributed by atoms with van der Waals surface area (Å²) in [6.45, 7) is 25.7. The number of hydrogen-bond acceptors (Lipinski definition) is 14. The summed E-state index contributed by atoms with van der Waals surface area (Å²) >= 11 is 0. The summed E-state index contributed by atoms with van der Waals surface area (Å²) in [6, 6.07) is -13.5. The second kappa shape index (κ2) is 37.6. The molecule has 0 unspecified atom stereocenters. The molecule has 12 atom stereocenters. The third-order valence-electron chi connectivity index (χ3n) is 16.5. The van der Waals surface area contributed by atoms with Gasteiger partial charge in [-0.3, -0.25) is 52.7 Å². The Morgan fingerprint density at radius 1 is 0.522 bits per heavy atom. The zero-order valence-corrected chi connectivity index (χ0v) is 58.2. The van der Waals surface area contributed by atoms with E-state index in [1.54, 1.807) is 60.6 Å². The van der Waals surface area contributed by atoms with Gasteiger partial charge in [0.25, 0.3) is 0 Å². The van der Waals surface area contributed by atoms with Crippen molar-refractivity contribution in [2.24, 2.45) is 41.4 Å². The number of ether oxygens (including phenoxy) is 1. The number of allylic oxidation sites excluding steroid dienone is 2. The smallest absolute Gasteiger partial charge is 0.329 e. The van der Waals surface area contributed by atoms with Crippen molar-refractivity contribution in [2.45, 2.75) is 216 Å². The van der Waals surface area contributed by atoms with Gasteiger partial charge in [0.1, 0.15) is 67.0 Å². The monoisotopic (exact) mass is 1280 g/mol. The molecule has 514 valence electrons. The lowest BCUT2D eigenvalue weighted by Crippen LogP contribution is -2.63. The highest BCUT2D eigenvalue weighted by atomic mass is 16.5. The Morgan fingerprint density at radius 3 is 1.41 bits per heavy atom. The molecule has 0 bridgehead atoms. The SMILES string of the molecule is C/C=C/C[C@@H](C)[C@@H](O)[C@H]1C(=O)N[C@@H](CC)C(=O)N(C)CC(=O)N(C)[C@@H](CC(C)C)C(=O)N[C@@H](C(C)C)C(=O)N(C)[C@@H](CC(C)C)C(=O)N[C@@H](C)C(=O)N[C@H](COCC(=O)O)C(=O)N(C)[C@@H](CC(C)C)C(=O)N(C)[C@@H](CC(C)C)C(=O)N(C)[C@@H](C(C)C)C(=O)N1C. The van der Waals surface area contributed by atoms with Crippen molar-refractivity contribution < 1.29 is 72.5 Å². The van der Waals surface area contributed by atoms with Crippen LogP contribution in [0.1, 0.15) is 149 Å². The molecule has 11 amide bonds. The number of likely N-dealkylation sites (N-methyl/N-ethyl adjacent to an activating group) is 7. The minimum atomic E-state index is -1.65. The molecule has 0 aromatic heterocycles. The Morgan fingerprint density at radius 2 is 0.956 bits per heavy atom. The fourth-order valence-corrected chi connectivity index (χ4v) is 11.0. The van der Waals surface area contributed by atoms with Crippen molar-refractivity contribution >= 4 is 70.9 Å². The van der Waals surface area contributed by atoms with E-state index in [1.807, 2.05) is 55.4 Å². The van der Waals surface area contributed by atoms with Crippen LogP contribution in [0.5, 0.6) is 0 Å². The van der Waals surface area contributed by atoms with Gasteiger partial charge >= 0.3 is 5.97 Å². The van der Waals surface area contributed by atoms with Gasteiger partial charge in [0, 0.05) is 49.3 Å². The summed E-state index contributed by atoms with van der Waals surface area (Å²) in [5.41, 5.74) is 0. The Bertz CT molecular complexity index is 2490. The molecule has 0 spiro atoms. The van der Waals surface area contributed by atoms with Gasteiger partial charge in [0.15, 0.2) is 0 Å². The number of aliphatic hydroxyl groups is 1. The van der Waals surface area contributed by atoms with Gasteiger partial charge in [-0.05, 0) is 93.8 Å². The van der Waals surface area contributed by atoms with E-state index >= 15 is 14.4 Å². The minimum Gasteiger partial charge on any atom is -0.480 e. The van der Waals surface area contributed by atoms with Crippen LogP contribution in [0, 0.1) is 41.4 Å². The summed E-state index contributed by atoms with van der Waals surface area (Å²) in [7, 11) is 9.57. The molecule has 1 fully saturated rings. The van der Waals surface area contributed by atoms with E-state index in [0.29, 0.717) is 0 Å². The van der Waals surface area contributed by atoms with Crippen LogP contribution < -0.4 is 21.3 Å². The van der Waals surface area contributed by atoms with Gasteiger partial charge in [-0.2, -0.15) is 0 Å². The Kier molecular flexibility index (Phi) is 34.0. The molecule has 0 aromatic rings. The first-order valence-electron chi connectivity index (χ1n) is 31.8. The Balaban J connectivity index is 4.46. The van der Waals surface area contributed by atoms with Crippen LogP contribution in [-0.2, 0) is 62.3 Å². The van der Waals surface area contributed by atoms with Crippen LogP contribution in [0.25, 0.3) is 0 Å². The second-order valence-corrected chi connectivity index (χ2v) is 26.8. The molecule has 1 aliphatic rings. The standard InChI is InChI=1S/C64H113N11O15/c1-24-26-27-41(15)54(79)53-58(83)66-43(25-2)59(84)69(17)32-49(76)70(18)45(28-35(3)4)57(82)68-51(39(11)12)63(88)71(19)46(29-36(5)6)56(81)65-42(16)55(80)67-44(33-90-34-50(77)78)60(85)72(20)47(30-37(7)8)61(86)73(21)48(31-38(9)10)62(87)74(22)52(40(13)14)64(89)75(53)23/h24,26,35-48,51-54,79H,25,27-34H2,1-23H3,(H,65,81)(H,66,83)(H,67,80)(H,68,82)(H,77,78)/b26-24+/t41-,42+,43+,44-,45+,46+,47+,48+,51+,52+,53+,54-/m1/s1. The van der Waals surface area contributed by atoms with Crippen molar-refractivity contribution in [2.75, 3.05) is 69.1 Å². The largest absolute Gasteiger partial charge is 0.480 e. The zero-order chi connectivity index (χ0) is 69.7. The van der Waals surface area contributed by atoms with E-state index in [4.69, 9.17) is 4.74 Å². The lowest BCUT2D eigenvalue weighted by atomic mass is 9.91. The van der Waals surface area contributed by atoms with Crippen molar-refractivity contribution in [3.63, 3.8) is 0 Å². The van der Waals surface area contributed by atoms with Crippen molar-refractivity contribution in [1.82, 2.24) is 55.6 Å². The average molecular weight is 1280 g/mol. The number of carboxylic acid groups (broad SMARTS) is 1. The summed E-state index contributed by atoms with van der Waals surface area (Å²) in [5, 5.41) is 32.4. The lowest BCUT2D eigenvalue weighted by molar-refractivity contribution is -0.157. The Hall–Kier alpha value is -6.70. The third kappa shape index (κ3) is 23.5. The number of carboxylic acids is 1. The number of nitrogens with zero attached hydrogens (tertiary/aromatic N) is 7. The van der Waals surface area contributed by atoms with Gasteiger partial charge < -0.3 is 70.5 Å². The molecule has 26 nitrogen and oxygen atoms in total. The predicted molar refractivity (Wildman–Crippen MR) is 341 cm³/mol. The number of rotatable bonds is 19. The van der Waals surface area contributed by atoms with Crippen molar-refractivity contribution in [1.29, 1.82) is 0 Å². The topological polar surface area (TPSA) is 325 Å². The first-order chi connectivity index (χ1) is 41.6. The van der Waals surface area contributed by atoms with Crippen LogP contribution in [0.3, 0.4) is 0 Å².